The molecule has 240 valence electrons. The number of benzene rings is 1. The number of alkyl carbamates (subject to hydrolysis) is 1. The van der Waals surface area contributed by atoms with Gasteiger partial charge in [0.05, 0.1) is 68.4 Å². The number of aryl methyl sites for hydroxylation is 3. The molecule has 0 radical (unpaired) electrons. The van der Waals surface area contributed by atoms with Gasteiger partial charge in [0.15, 0.2) is 0 Å². The number of nitrogens with one attached hydrogen (secondary N) is 2. The van der Waals surface area contributed by atoms with Crippen LogP contribution in [0, 0.1) is 11.3 Å². The Labute approximate surface area is 264 Å². The topological polar surface area (TPSA) is 146 Å². The van der Waals surface area contributed by atoms with E-state index in [0.717, 1.165) is 40.3 Å². The Hall–Kier alpha value is -4.51. The molecule has 0 spiro atoms. The first-order chi connectivity index (χ1) is 21.6. The SMILES string of the molecule is Cn1cc(CCn2c(CNCCOCCOCCNC(=O)OC(C)(C)C)nc(-c3cnn(C)c3)c2-c2ccc(C#N)cc2)cn1. The standard InChI is InChI=1S/C32H43N9O4/c1-32(2,3)45-31(42)35-12-15-44-17-16-43-14-11-34-21-28-38-29(27-20-37-40(5)23-27)30(26-8-6-24(18-33)7-9-26)41(28)13-10-25-19-36-39(4)22-25/h6-9,19-20,22-23,34H,10-17,21H2,1-5H3,(H,35,42). The lowest BCUT2D eigenvalue weighted by atomic mass is 10.1. The fourth-order valence-corrected chi connectivity index (χ4v) is 4.66. The van der Waals surface area contributed by atoms with Crippen LogP contribution in [0.4, 0.5) is 4.79 Å². The number of hydrogen-bond acceptors (Lipinski definition) is 9. The van der Waals surface area contributed by atoms with Gasteiger partial charge >= 0.3 is 6.09 Å². The molecular weight excluding hydrogens is 574 g/mol. The van der Waals surface area contributed by atoms with Crippen LogP contribution >= 0.6 is 0 Å². The van der Waals surface area contributed by atoms with Crippen molar-refractivity contribution in [1.82, 2.24) is 39.7 Å². The van der Waals surface area contributed by atoms with E-state index in [9.17, 15) is 10.1 Å². The second-order valence-corrected chi connectivity index (χ2v) is 11.6. The van der Waals surface area contributed by atoms with Gasteiger partial charge in [0, 0.05) is 57.3 Å². The second-order valence-electron chi connectivity index (χ2n) is 11.6. The number of hydrogen-bond donors (Lipinski definition) is 2. The lowest BCUT2D eigenvalue weighted by Gasteiger charge is -2.19. The van der Waals surface area contributed by atoms with E-state index < -0.39 is 11.7 Å². The van der Waals surface area contributed by atoms with Gasteiger partial charge in [0.25, 0.3) is 0 Å². The number of amides is 1. The summed E-state index contributed by atoms with van der Waals surface area (Å²) in [7, 11) is 3.80. The van der Waals surface area contributed by atoms with Gasteiger partial charge in [-0.3, -0.25) is 9.36 Å². The Bertz CT molecular complexity index is 1560. The van der Waals surface area contributed by atoms with Crippen LogP contribution < -0.4 is 10.6 Å². The highest BCUT2D eigenvalue weighted by atomic mass is 16.6. The largest absolute Gasteiger partial charge is 0.444 e. The van der Waals surface area contributed by atoms with Gasteiger partial charge in [-0.1, -0.05) is 12.1 Å². The summed E-state index contributed by atoms with van der Waals surface area (Å²) >= 11 is 0. The minimum absolute atomic E-state index is 0.370. The second kappa shape index (κ2) is 16.0. The first-order valence-electron chi connectivity index (χ1n) is 15.0. The molecule has 0 atom stereocenters. The lowest BCUT2D eigenvalue weighted by Crippen LogP contribution is -2.34. The Kier molecular flexibility index (Phi) is 11.9. The monoisotopic (exact) mass is 617 g/mol. The van der Waals surface area contributed by atoms with Crippen LogP contribution in [0.5, 0.6) is 0 Å². The molecule has 1 amide bonds. The smallest absolute Gasteiger partial charge is 0.407 e. The number of nitriles is 1. The van der Waals surface area contributed by atoms with Gasteiger partial charge in [-0.2, -0.15) is 15.5 Å². The van der Waals surface area contributed by atoms with Crippen LogP contribution in [0.2, 0.25) is 0 Å². The number of aromatic nitrogens is 6. The van der Waals surface area contributed by atoms with Crippen molar-refractivity contribution in [3.8, 4) is 28.6 Å². The maximum atomic E-state index is 11.7. The molecule has 13 nitrogen and oxygen atoms in total. The summed E-state index contributed by atoms with van der Waals surface area (Å²) in [6, 6.07) is 9.80. The number of carbonyl (C=O) groups excluding carboxylic acids is 1. The Morgan fingerprint density at radius 1 is 0.933 bits per heavy atom. The van der Waals surface area contributed by atoms with Crippen molar-refractivity contribution >= 4 is 6.09 Å². The van der Waals surface area contributed by atoms with Crippen molar-refractivity contribution in [2.75, 3.05) is 39.5 Å². The highest BCUT2D eigenvalue weighted by Crippen LogP contribution is 2.33. The molecule has 45 heavy (non-hydrogen) atoms. The lowest BCUT2D eigenvalue weighted by molar-refractivity contribution is 0.0403. The highest BCUT2D eigenvalue weighted by molar-refractivity contribution is 5.79. The van der Waals surface area contributed by atoms with Crippen molar-refractivity contribution in [1.29, 1.82) is 5.26 Å². The van der Waals surface area contributed by atoms with E-state index >= 15 is 0 Å². The maximum absolute atomic E-state index is 11.7. The van der Waals surface area contributed by atoms with E-state index in [-0.39, 0.29) is 0 Å². The summed E-state index contributed by atoms with van der Waals surface area (Å²) in [5, 5.41) is 24.2. The summed E-state index contributed by atoms with van der Waals surface area (Å²) in [4.78, 5) is 16.8. The van der Waals surface area contributed by atoms with Crippen LogP contribution in [0.3, 0.4) is 0 Å². The quantitative estimate of drug-likeness (QED) is 0.181. The zero-order valence-corrected chi connectivity index (χ0v) is 26.7. The molecule has 2 N–H and O–H groups in total. The Morgan fingerprint density at radius 2 is 1.62 bits per heavy atom. The van der Waals surface area contributed by atoms with Gasteiger partial charge in [-0.25, -0.2) is 9.78 Å². The van der Waals surface area contributed by atoms with E-state index in [2.05, 4.69) is 31.5 Å². The molecular formula is C32H43N9O4. The third-order valence-corrected chi connectivity index (χ3v) is 6.69. The third-order valence-electron chi connectivity index (χ3n) is 6.69. The molecule has 3 aromatic heterocycles. The molecule has 3 heterocycles. The Morgan fingerprint density at radius 3 is 2.24 bits per heavy atom. The van der Waals surface area contributed by atoms with Crippen LogP contribution in [0.15, 0.2) is 49.1 Å². The zero-order chi connectivity index (χ0) is 32.2. The summed E-state index contributed by atoms with van der Waals surface area (Å²) in [6.45, 7) is 9.45. The summed E-state index contributed by atoms with van der Waals surface area (Å²) in [5.41, 5.74) is 4.92. The van der Waals surface area contributed by atoms with Crippen LogP contribution in [0.25, 0.3) is 22.5 Å². The first kappa shape index (κ1) is 33.4. The molecule has 0 fully saturated rings. The van der Waals surface area contributed by atoms with Crippen LogP contribution in [-0.2, 0) is 47.8 Å². The van der Waals surface area contributed by atoms with Crippen molar-refractivity contribution in [3.63, 3.8) is 0 Å². The molecule has 0 aliphatic heterocycles. The van der Waals surface area contributed by atoms with E-state index in [1.807, 2.05) is 83.9 Å². The zero-order valence-electron chi connectivity index (χ0n) is 26.7. The highest BCUT2D eigenvalue weighted by Gasteiger charge is 2.21. The van der Waals surface area contributed by atoms with Crippen molar-refractivity contribution in [2.24, 2.45) is 14.1 Å². The van der Waals surface area contributed by atoms with Crippen molar-refractivity contribution in [2.45, 2.75) is 45.9 Å². The third kappa shape index (κ3) is 10.3. The number of imidazole rings is 1. The molecule has 0 unspecified atom stereocenters. The molecule has 4 rings (SSSR count). The fourth-order valence-electron chi connectivity index (χ4n) is 4.66. The maximum Gasteiger partial charge on any atom is 0.407 e. The van der Waals surface area contributed by atoms with E-state index in [1.165, 1.54) is 0 Å². The van der Waals surface area contributed by atoms with Gasteiger partial charge < -0.3 is 29.4 Å². The average molecular weight is 618 g/mol. The van der Waals surface area contributed by atoms with Crippen molar-refractivity contribution in [3.05, 3.63) is 66.0 Å². The Balaban J connectivity index is 1.35. The van der Waals surface area contributed by atoms with Crippen molar-refractivity contribution < 1.29 is 19.0 Å². The number of carbonyl (C=O) groups is 1. The summed E-state index contributed by atoms with van der Waals surface area (Å²) < 4.78 is 22.3. The minimum atomic E-state index is -0.527. The average Bonchev–Trinajstić information content (AvgIpc) is 3.72. The number of ether oxygens (including phenoxy) is 3. The molecule has 4 aromatic rings. The molecule has 1 aromatic carbocycles. The summed E-state index contributed by atoms with van der Waals surface area (Å²) in [5.74, 6) is 0.887. The van der Waals surface area contributed by atoms with E-state index in [0.29, 0.717) is 58.2 Å². The van der Waals surface area contributed by atoms with E-state index in [1.54, 1.807) is 9.36 Å². The first-order valence-corrected chi connectivity index (χ1v) is 15.0. The van der Waals surface area contributed by atoms with E-state index in [4.69, 9.17) is 19.2 Å². The molecule has 13 heteroatoms. The summed E-state index contributed by atoms with van der Waals surface area (Å²) in [6.07, 6.45) is 8.02. The molecule has 0 aliphatic carbocycles. The minimum Gasteiger partial charge on any atom is -0.444 e. The van der Waals surface area contributed by atoms with Gasteiger partial charge in [-0.15, -0.1) is 0 Å². The molecule has 0 saturated carbocycles. The van der Waals surface area contributed by atoms with Gasteiger partial charge in [-0.05, 0) is 44.9 Å². The van der Waals surface area contributed by atoms with Gasteiger partial charge in [0.2, 0.25) is 0 Å². The van der Waals surface area contributed by atoms with Crippen LogP contribution in [-0.4, -0.2) is 80.3 Å². The normalized spacial score (nSPS) is 11.5. The predicted molar refractivity (Wildman–Crippen MR) is 169 cm³/mol. The molecule has 0 aliphatic rings. The fraction of sp³-hybridized carbons (Fsp3) is 0.469. The number of nitrogens with zero attached hydrogens (tertiary/aromatic N) is 7. The van der Waals surface area contributed by atoms with Gasteiger partial charge in [0.1, 0.15) is 11.4 Å². The van der Waals surface area contributed by atoms with Crippen LogP contribution in [0.1, 0.15) is 37.7 Å². The molecule has 0 saturated heterocycles. The number of rotatable bonds is 16. The molecule has 0 bridgehead atoms. The predicted octanol–water partition coefficient (Wildman–Crippen LogP) is 3.45.